The predicted octanol–water partition coefficient (Wildman–Crippen LogP) is 5.26. The Labute approximate surface area is 172 Å². The largest absolute Gasteiger partial charge is 0.307 e. The van der Waals surface area contributed by atoms with Gasteiger partial charge in [-0.25, -0.2) is 8.96 Å². The molecular weight excluding hydrogens is 397 g/mol. The van der Waals surface area contributed by atoms with Crippen LogP contribution in [0.5, 0.6) is 0 Å². The SMILES string of the molecule is Cc1cc(F)c2c3ccccc3n3c4c([Si](C)(C)C)sc5nc[n+](C)c(c1c23)c54. The van der Waals surface area contributed by atoms with Crippen LogP contribution in [0.15, 0.2) is 36.7 Å². The van der Waals surface area contributed by atoms with Gasteiger partial charge in [-0.15, -0.1) is 0 Å². The van der Waals surface area contributed by atoms with Crippen LogP contribution >= 0.6 is 11.3 Å². The molecule has 0 atom stereocenters. The van der Waals surface area contributed by atoms with Gasteiger partial charge in [-0.05, 0) is 29.6 Å². The first-order chi connectivity index (χ1) is 13.8. The topological polar surface area (TPSA) is 21.2 Å². The van der Waals surface area contributed by atoms with Crippen LogP contribution in [0.3, 0.4) is 0 Å². The standard InChI is InChI=1S/C23H21FN3SSi/c1-12-10-14(24)17-13-8-6-7-9-15(13)27-20(17)16(12)19-18-21(27)23(29(3,4)5)28-22(18)25-11-26(19)2/h6-11H,1-5H3/q+1. The van der Waals surface area contributed by atoms with E-state index in [4.69, 9.17) is 4.98 Å². The van der Waals surface area contributed by atoms with E-state index < -0.39 is 8.07 Å². The Balaban J connectivity index is 2.14. The van der Waals surface area contributed by atoms with Crippen molar-refractivity contribution in [3.8, 4) is 0 Å². The summed E-state index contributed by atoms with van der Waals surface area (Å²) >= 11 is 1.82. The first-order valence-corrected chi connectivity index (χ1v) is 14.2. The lowest BCUT2D eigenvalue weighted by Gasteiger charge is -2.16. The van der Waals surface area contributed by atoms with Gasteiger partial charge >= 0.3 is 0 Å². The molecule has 0 fully saturated rings. The molecule has 6 rings (SSSR count). The molecule has 29 heavy (non-hydrogen) atoms. The lowest BCUT2D eigenvalue weighted by molar-refractivity contribution is -0.646. The number of fused-ring (bicyclic) bond motifs is 5. The smallest absolute Gasteiger partial charge is 0.288 e. The summed E-state index contributed by atoms with van der Waals surface area (Å²) in [5, 5.41) is 4.04. The Kier molecular flexibility index (Phi) is 3.17. The second-order valence-electron chi connectivity index (χ2n) is 9.04. The molecule has 0 saturated heterocycles. The summed E-state index contributed by atoms with van der Waals surface area (Å²) in [4.78, 5) is 5.86. The molecule has 0 N–H and O–H groups in total. The van der Waals surface area contributed by atoms with E-state index in [1.165, 1.54) is 15.4 Å². The maximum Gasteiger partial charge on any atom is 0.288 e. The van der Waals surface area contributed by atoms with Crippen molar-refractivity contribution in [3.63, 3.8) is 0 Å². The normalized spacial score (nSPS) is 13.2. The molecule has 0 saturated carbocycles. The van der Waals surface area contributed by atoms with Crippen LogP contribution in [0, 0.1) is 12.7 Å². The Morgan fingerprint density at radius 2 is 1.83 bits per heavy atom. The second kappa shape index (κ2) is 5.32. The molecule has 0 aliphatic heterocycles. The Hall–Kier alpha value is -2.57. The summed E-state index contributed by atoms with van der Waals surface area (Å²) in [5.41, 5.74) is 5.42. The molecule has 0 unspecified atom stereocenters. The molecule has 2 aromatic carbocycles. The number of hydrogen-bond donors (Lipinski definition) is 0. The lowest BCUT2D eigenvalue weighted by Crippen LogP contribution is -2.36. The van der Waals surface area contributed by atoms with Gasteiger partial charge in [0.15, 0.2) is 5.52 Å². The number of nitrogens with zero attached hydrogens (tertiary/aromatic N) is 3. The van der Waals surface area contributed by atoms with Crippen molar-refractivity contribution < 1.29 is 8.96 Å². The fraction of sp³-hybridized carbons (Fsp3) is 0.217. The lowest BCUT2D eigenvalue weighted by atomic mass is 10.0. The van der Waals surface area contributed by atoms with Crippen LogP contribution in [-0.2, 0) is 7.05 Å². The van der Waals surface area contributed by atoms with Crippen LogP contribution in [0.25, 0.3) is 48.4 Å². The van der Waals surface area contributed by atoms with Gasteiger partial charge in [0, 0.05) is 15.3 Å². The van der Waals surface area contributed by atoms with E-state index in [9.17, 15) is 0 Å². The van der Waals surface area contributed by atoms with E-state index in [-0.39, 0.29) is 5.82 Å². The number of halogens is 1. The minimum atomic E-state index is -1.66. The van der Waals surface area contributed by atoms with Crippen molar-refractivity contribution in [3.05, 3.63) is 48.0 Å². The van der Waals surface area contributed by atoms with Crippen LogP contribution in [0.2, 0.25) is 19.6 Å². The van der Waals surface area contributed by atoms with Crippen molar-refractivity contribution >= 4 is 72.4 Å². The van der Waals surface area contributed by atoms with Gasteiger partial charge in [0.2, 0.25) is 4.83 Å². The fourth-order valence-corrected chi connectivity index (χ4v) is 8.22. The molecule has 0 spiro atoms. The number of aryl methyl sites for hydroxylation is 2. The van der Waals surface area contributed by atoms with Gasteiger partial charge in [0.05, 0.1) is 37.1 Å². The highest BCUT2D eigenvalue weighted by Crippen LogP contribution is 2.42. The molecule has 0 bridgehead atoms. The zero-order valence-corrected chi connectivity index (χ0v) is 18.9. The van der Waals surface area contributed by atoms with Crippen LogP contribution in [0.4, 0.5) is 4.39 Å². The third-order valence-corrected chi connectivity index (χ3v) is 10.7. The number of rotatable bonds is 1. The fourth-order valence-electron chi connectivity index (χ4n) is 4.88. The van der Waals surface area contributed by atoms with Gasteiger partial charge in [-0.2, -0.15) is 0 Å². The summed E-state index contributed by atoms with van der Waals surface area (Å²) < 4.78 is 21.2. The van der Waals surface area contributed by atoms with Gasteiger partial charge < -0.3 is 4.40 Å². The van der Waals surface area contributed by atoms with E-state index in [2.05, 4.69) is 34.7 Å². The molecule has 0 radical (unpaired) electrons. The molecule has 4 heterocycles. The zero-order chi connectivity index (χ0) is 20.2. The molecule has 0 amide bonds. The van der Waals surface area contributed by atoms with Crippen molar-refractivity contribution in [2.75, 3.05) is 0 Å². The third-order valence-electron chi connectivity index (χ3n) is 6.03. The van der Waals surface area contributed by atoms with Gasteiger partial charge in [-0.3, -0.25) is 0 Å². The highest BCUT2D eigenvalue weighted by Gasteiger charge is 2.32. The van der Waals surface area contributed by atoms with Crippen molar-refractivity contribution in [1.29, 1.82) is 0 Å². The van der Waals surface area contributed by atoms with Crippen molar-refractivity contribution in [2.24, 2.45) is 7.05 Å². The molecule has 4 aromatic heterocycles. The summed E-state index contributed by atoms with van der Waals surface area (Å²) in [6.45, 7) is 9.15. The Morgan fingerprint density at radius 1 is 1.07 bits per heavy atom. The maximum atomic E-state index is 15.3. The van der Waals surface area contributed by atoms with Crippen molar-refractivity contribution in [2.45, 2.75) is 26.6 Å². The highest BCUT2D eigenvalue weighted by molar-refractivity contribution is 7.32. The molecular formula is C23H21FN3SSi+. The summed E-state index contributed by atoms with van der Waals surface area (Å²) in [6.07, 6.45) is 1.90. The monoisotopic (exact) mass is 418 g/mol. The minimum Gasteiger partial charge on any atom is -0.307 e. The number of hydrogen-bond acceptors (Lipinski definition) is 2. The van der Waals surface area contributed by atoms with Crippen LogP contribution in [0.1, 0.15) is 5.56 Å². The zero-order valence-electron chi connectivity index (χ0n) is 17.1. The number of para-hydroxylation sites is 1. The molecule has 144 valence electrons. The number of thiophene rings is 1. The molecule has 6 heteroatoms. The van der Waals surface area contributed by atoms with Crippen LogP contribution in [-0.4, -0.2) is 17.5 Å². The average molecular weight is 419 g/mol. The molecule has 3 nitrogen and oxygen atoms in total. The van der Waals surface area contributed by atoms with E-state index in [1.807, 2.05) is 49.8 Å². The van der Waals surface area contributed by atoms with Gasteiger partial charge in [0.25, 0.3) is 6.33 Å². The van der Waals surface area contributed by atoms with Crippen molar-refractivity contribution in [1.82, 2.24) is 9.38 Å². The first-order valence-electron chi connectivity index (χ1n) is 9.83. The average Bonchev–Trinajstić information content (AvgIpc) is 3.20. The second-order valence-corrected chi connectivity index (χ2v) is 15.4. The Morgan fingerprint density at radius 3 is 2.59 bits per heavy atom. The van der Waals surface area contributed by atoms with Crippen LogP contribution < -0.4 is 9.07 Å². The molecule has 0 aliphatic rings. The minimum absolute atomic E-state index is 0.141. The van der Waals surface area contributed by atoms with E-state index >= 15 is 4.39 Å². The number of aromatic nitrogens is 3. The highest BCUT2D eigenvalue weighted by atomic mass is 32.1. The Bertz CT molecular complexity index is 1620. The number of benzene rings is 2. The summed E-state index contributed by atoms with van der Waals surface area (Å²) in [6, 6.07) is 9.90. The van der Waals surface area contributed by atoms with Gasteiger partial charge in [0.1, 0.15) is 11.2 Å². The van der Waals surface area contributed by atoms with Gasteiger partial charge in [-0.1, -0.05) is 49.2 Å². The van der Waals surface area contributed by atoms with E-state index in [0.29, 0.717) is 0 Å². The van der Waals surface area contributed by atoms with E-state index in [1.54, 1.807) is 6.07 Å². The summed E-state index contributed by atoms with van der Waals surface area (Å²) in [5.74, 6) is -0.141. The first kappa shape index (κ1) is 17.3. The molecule has 6 aromatic rings. The summed E-state index contributed by atoms with van der Waals surface area (Å²) in [7, 11) is 0.387. The maximum absolute atomic E-state index is 15.3. The molecule has 0 aliphatic carbocycles. The number of pyridine rings is 1. The quantitative estimate of drug-likeness (QED) is 0.203. The third kappa shape index (κ3) is 2.00. The van der Waals surface area contributed by atoms with E-state index in [0.717, 1.165) is 43.1 Å². The predicted molar refractivity (Wildman–Crippen MR) is 123 cm³/mol.